The Hall–Kier alpha value is -1.63. The van der Waals surface area contributed by atoms with E-state index in [2.05, 4.69) is 15.9 Å². The van der Waals surface area contributed by atoms with Gasteiger partial charge in [0.2, 0.25) is 5.75 Å². The minimum Gasteiger partial charge on any atom is -0.471 e. The van der Waals surface area contributed by atoms with Crippen LogP contribution in [0.3, 0.4) is 0 Å². The van der Waals surface area contributed by atoms with Gasteiger partial charge in [0.1, 0.15) is 0 Å². The zero-order valence-electron chi connectivity index (χ0n) is 11.1. The molecule has 1 aliphatic carbocycles. The standard InChI is InChI=1S/C13H14BrNO5/c1-7-5-9(14)6-10(15(17)18)11(7)20-12(8-3-4-8)13(16)19-2/h5-6,8,12H,3-4H2,1-2H3. The molecule has 20 heavy (non-hydrogen) atoms. The molecule has 7 heteroatoms. The van der Waals surface area contributed by atoms with Crippen molar-refractivity contribution in [1.29, 1.82) is 0 Å². The van der Waals surface area contributed by atoms with Crippen molar-refractivity contribution in [3.63, 3.8) is 0 Å². The first-order valence-corrected chi connectivity index (χ1v) is 6.92. The molecule has 0 aromatic heterocycles. The van der Waals surface area contributed by atoms with Crippen LogP contribution in [0.2, 0.25) is 0 Å². The zero-order chi connectivity index (χ0) is 14.9. The minimum atomic E-state index is -0.779. The van der Waals surface area contributed by atoms with Crippen LogP contribution in [0.25, 0.3) is 0 Å². The maximum Gasteiger partial charge on any atom is 0.347 e. The lowest BCUT2D eigenvalue weighted by Gasteiger charge is -2.17. The minimum absolute atomic E-state index is 0.0742. The van der Waals surface area contributed by atoms with E-state index in [1.807, 2.05) is 0 Å². The van der Waals surface area contributed by atoms with Crippen LogP contribution in [0, 0.1) is 23.0 Å². The number of halogens is 1. The Labute approximate surface area is 124 Å². The third-order valence-corrected chi connectivity index (χ3v) is 3.60. The van der Waals surface area contributed by atoms with E-state index < -0.39 is 17.0 Å². The Kier molecular flexibility index (Phi) is 4.27. The van der Waals surface area contributed by atoms with Crippen LogP contribution in [0.1, 0.15) is 18.4 Å². The number of hydrogen-bond acceptors (Lipinski definition) is 5. The van der Waals surface area contributed by atoms with Gasteiger partial charge >= 0.3 is 11.7 Å². The molecule has 1 aromatic rings. The number of methoxy groups -OCH3 is 1. The Bertz CT molecular complexity index is 556. The zero-order valence-corrected chi connectivity index (χ0v) is 12.7. The number of aryl methyl sites for hydroxylation is 1. The molecule has 1 saturated carbocycles. The van der Waals surface area contributed by atoms with E-state index >= 15 is 0 Å². The molecule has 0 bridgehead atoms. The smallest absolute Gasteiger partial charge is 0.347 e. The topological polar surface area (TPSA) is 78.7 Å². The Morgan fingerprint density at radius 3 is 2.65 bits per heavy atom. The lowest BCUT2D eigenvalue weighted by molar-refractivity contribution is -0.386. The second-order valence-electron chi connectivity index (χ2n) is 4.73. The molecule has 1 atom stereocenters. The summed E-state index contributed by atoms with van der Waals surface area (Å²) in [6, 6.07) is 3.08. The molecule has 1 aromatic carbocycles. The molecule has 0 heterocycles. The quantitative estimate of drug-likeness (QED) is 0.466. The summed E-state index contributed by atoms with van der Waals surface area (Å²) in [5.41, 5.74) is 0.437. The summed E-state index contributed by atoms with van der Waals surface area (Å²) in [5.74, 6) is -0.297. The summed E-state index contributed by atoms with van der Waals surface area (Å²) < 4.78 is 10.9. The van der Waals surface area contributed by atoms with E-state index in [-0.39, 0.29) is 17.4 Å². The van der Waals surface area contributed by atoms with Gasteiger partial charge in [-0.25, -0.2) is 4.79 Å². The summed E-state index contributed by atoms with van der Waals surface area (Å²) in [6.07, 6.45) is 0.949. The first kappa shape index (κ1) is 14.8. The third-order valence-electron chi connectivity index (χ3n) is 3.14. The fourth-order valence-corrected chi connectivity index (χ4v) is 2.54. The fraction of sp³-hybridized carbons (Fsp3) is 0.462. The van der Waals surface area contributed by atoms with Crippen LogP contribution >= 0.6 is 15.9 Å². The van der Waals surface area contributed by atoms with Crippen molar-refractivity contribution < 1.29 is 19.2 Å². The number of carbonyl (C=O) groups excluding carboxylic acids is 1. The molecule has 0 saturated heterocycles. The summed E-state index contributed by atoms with van der Waals surface area (Å²) >= 11 is 3.21. The maximum atomic E-state index is 11.7. The molecule has 1 unspecified atom stereocenters. The van der Waals surface area contributed by atoms with Gasteiger partial charge in [0.05, 0.1) is 12.0 Å². The van der Waals surface area contributed by atoms with Gasteiger partial charge in [0, 0.05) is 16.5 Å². The summed E-state index contributed by atoms with van der Waals surface area (Å²) in [7, 11) is 1.28. The maximum absolute atomic E-state index is 11.7. The highest BCUT2D eigenvalue weighted by atomic mass is 79.9. The van der Waals surface area contributed by atoms with Crippen LogP contribution in [-0.2, 0) is 9.53 Å². The lowest BCUT2D eigenvalue weighted by Crippen LogP contribution is -2.31. The average molecular weight is 344 g/mol. The molecular formula is C13H14BrNO5. The fourth-order valence-electron chi connectivity index (χ4n) is 1.98. The predicted molar refractivity (Wildman–Crippen MR) is 74.7 cm³/mol. The predicted octanol–water partition coefficient (Wildman–Crippen LogP) is 3.00. The lowest BCUT2D eigenvalue weighted by atomic mass is 10.1. The van der Waals surface area contributed by atoms with Crippen LogP contribution in [0.15, 0.2) is 16.6 Å². The molecular weight excluding hydrogens is 330 g/mol. The summed E-state index contributed by atoms with van der Waals surface area (Å²) in [5, 5.41) is 11.1. The number of hydrogen-bond donors (Lipinski definition) is 0. The van der Waals surface area contributed by atoms with Gasteiger partial charge in [-0.3, -0.25) is 10.1 Å². The summed E-state index contributed by atoms with van der Waals surface area (Å²) in [4.78, 5) is 22.3. The highest BCUT2D eigenvalue weighted by Crippen LogP contribution is 2.40. The highest BCUT2D eigenvalue weighted by Gasteiger charge is 2.40. The number of nitro benzene ring substituents is 1. The molecule has 0 aliphatic heterocycles. The second-order valence-corrected chi connectivity index (χ2v) is 5.64. The SMILES string of the molecule is COC(=O)C(Oc1c(C)cc(Br)cc1[N+](=O)[O-])C1CC1. The number of ether oxygens (including phenoxy) is 2. The Morgan fingerprint density at radius 1 is 1.50 bits per heavy atom. The second kappa shape index (κ2) is 5.78. The van der Waals surface area contributed by atoms with E-state index in [1.54, 1.807) is 13.0 Å². The monoisotopic (exact) mass is 343 g/mol. The van der Waals surface area contributed by atoms with Crippen LogP contribution in [0.4, 0.5) is 5.69 Å². The van der Waals surface area contributed by atoms with Crippen molar-refractivity contribution in [2.24, 2.45) is 5.92 Å². The molecule has 0 amide bonds. The van der Waals surface area contributed by atoms with E-state index in [0.717, 1.165) is 12.8 Å². The van der Waals surface area contributed by atoms with E-state index in [9.17, 15) is 14.9 Å². The Balaban J connectivity index is 2.36. The number of carbonyl (C=O) groups is 1. The van der Waals surface area contributed by atoms with Gasteiger partial charge < -0.3 is 9.47 Å². The van der Waals surface area contributed by atoms with Gasteiger partial charge in [-0.15, -0.1) is 0 Å². The Morgan fingerprint density at radius 2 is 2.15 bits per heavy atom. The van der Waals surface area contributed by atoms with E-state index in [1.165, 1.54) is 13.2 Å². The average Bonchev–Trinajstić information content (AvgIpc) is 3.20. The van der Waals surface area contributed by atoms with Crippen LogP contribution in [-0.4, -0.2) is 24.1 Å². The molecule has 2 rings (SSSR count). The van der Waals surface area contributed by atoms with Gasteiger partial charge in [0.15, 0.2) is 6.10 Å². The first-order chi connectivity index (χ1) is 9.43. The van der Waals surface area contributed by atoms with Crippen molar-refractivity contribution in [1.82, 2.24) is 0 Å². The van der Waals surface area contributed by atoms with E-state index in [0.29, 0.717) is 10.0 Å². The van der Waals surface area contributed by atoms with Crippen molar-refractivity contribution in [2.75, 3.05) is 7.11 Å². The van der Waals surface area contributed by atoms with E-state index in [4.69, 9.17) is 9.47 Å². The number of rotatable bonds is 5. The number of benzene rings is 1. The van der Waals surface area contributed by atoms with Crippen molar-refractivity contribution in [2.45, 2.75) is 25.9 Å². The molecule has 6 nitrogen and oxygen atoms in total. The van der Waals surface area contributed by atoms with Gasteiger partial charge in [0.25, 0.3) is 0 Å². The molecule has 1 fully saturated rings. The molecule has 0 spiro atoms. The van der Waals surface area contributed by atoms with Crippen molar-refractivity contribution in [3.8, 4) is 5.75 Å². The van der Waals surface area contributed by atoms with Gasteiger partial charge in [-0.05, 0) is 31.4 Å². The van der Waals surface area contributed by atoms with Crippen LogP contribution in [0.5, 0.6) is 5.75 Å². The molecule has 108 valence electrons. The number of nitrogens with zero attached hydrogens (tertiary/aromatic N) is 1. The van der Waals surface area contributed by atoms with Gasteiger partial charge in [-0.2, -0.15) is 0 Å². The molecule has 0 N–H and O–H groups in total. The normalized spacial score (nSPS) is 15.6. The van der Waals surface area contributed by atoms with Crippen molar-refractivity contribution >= 4 is 27.6 Å². The number of esters is 1. The van der Waals surface area contributed by atoms with Crippen molar-refractivity contribution in [3.05, 3.63) is 32.3 Å². The largest absolute Gasteiger partial charge is 0.471 e. The molecule has 0 radical (unpaired) electrons. The number of nitro groups is 1. The highest BCUT2D eigenvalue weighted by molar-refractivity contribution is 9.10. The summed E-state index contributed by atoms with van der Waals surface area (Å²) in [6.45, 7) is 1.70. The van der Waals surface area contributed by atoms with Gasteiger partial charge in [-0.1, -0.05) is 15.9 Å². The van der Waals surface area contributed by atoms with Crippen LogP contribution < -0.4 is 4.74 Å². The first-order valence-electron chi connectivity index (χ1n) is 6.13. The molecule has 1 aliphatic rings. The third kappa shape index (κ3) is 3.09.